The van der Waals surface area contributed by atoms with Crippen LogP contribution >= 0.6 is 11.3 Å². The Kier molecular flexibility index (Phi) is 5.35. The molecule has 1 aliphatic carbocycles. The van der Waals surface area contributed by atoms with Gasteiger partial charge in [0.25, 0.3) is 5.56 Å². The molecule has 0 saturated carbocycles. The molecule has 0 atom stereocenters. The van der Waals surface area contributed by atoms with Crippen molar-refractivity contribution in [1.82, 2.24) is 9.55 Å². The molecule has 1 N–H and O–H groups in total. The second-order valence-corrected chi connectivity index (χ2v) is 9.23. The van der Waals surface area contributed by atoms with Crippen LogP contribution in [0.15, 0.2) is 53.3 Å². The third-order valence-electron chi connectivity index (χ3n) is 5.78. The number of carbonyl (C=O) groups excluding carboxylic acids is 1. The highest BCUT2D eigenvalue weighted by Crippen LogP contribution is 2.35. The van der Waals surface area contributed by atoms with Gasteiger partial charge in [-0.3, -0.25) is 14.2 Å². The number of nitrogens with zero attached hydrogens (tertiary/aromatic N) is 2. The first-order valence-corrected chi connectivity index (χ1v) is 11.5. The van der Waals surface area contributed by atoms with E-state index < -0.39 is 0 Å². The minimum Gasteiger partial charge on any atom is -0.325 e. The summed E-state index contributed by atoms with van der Waals surface area (Å²) in [6.07, 6.45) is 4.03. The Morgan fingerprint density at radius 1 is 1.16 bits per heavy atom. The number of hydrogen-bond acceptors (Lipinski definition) is 4. The summed E-state index contributed by atoms with van der Waals surface area (Å²) in [6.45, 7) is 1.81. The average molecular weight is 448 g/mol. The number of carbonyl (C=O) groups is 1. The Hall–Kier alpha value is -3.32. The van der Waals surface area contributed by atoms with Gasteiger partial charge in [-0.05, 0) is 68.5 Å². The third-order valence-corrected chi connectivity index (χ3v) is 6.97. The quantitative estimate of drug-likeness (QED) is 0.474. The van der Waals surface area contributed by atoms with Gasteiger partial charge in [-0.15, -0.1) is 11.3 Å². The lowest BCUT2D eigenvalue weighted by atomic mass is 9.97. The maximum atomic E-state index is 13.7. The Morgan fingerprint density at radius 3 is 2.72 bits per heavy atom. The summed E-state index contributed by atoms with van der Waals surface area (Å²) >= 11 is 1.60. The van der Waals surface area contributed by atoms with Crippen molar-refractivity contribution in [2.45, 2.75) is 39.2 Å². The molecule has 5 nitrogen and oxygen atoms in total. The fourth-order valence-corrected chi connectivity index (χ4v) is 5.52. The van der Waals surface area contributed by atoms with E-state index in [9.17, 15) is 14.0 Å². The second-order valence-electron chi connectivity index (χ2n) is 8.14. The molecule has 0 aliphatic heterocycles. The molecule has 0 fully saturated rings. The highest BCUT2D eigenvalue weighted by atomic mass is 32.1. The highest BCUT2D eigenvalue weighted by molar-refractivity contribution is 7.18. The summed E-state index contributed by atoms with van der Waals surface area (Å²) in [5.41, 5.74) is 3.23. The van der Waals surface area contributed by atoms with Gasteiger partial charge < -0.3 is 5.32 Å². The number of halogens is 1. The Labute approximate surface area is 188 Å². The molecule has 7 heteroatoms. The lowest BCUT2D eigenvalue weighted by Crippen LogP contribution is -2.30. The van der Waals surface area contributed by atoms with Crippen LogP contribution in [0.25, 0.3) is 21.6 Å². The molecule has 0 bridgehead atoms. The minimum atomic E-state index is -0.377. The molecule has 2 aromatic heterocycles. The number of hydrogen-bond donors (Lipinski definition) is 1. The van der Waals surface area contributed by atoms with E-state index in [1.165, 1.54) is 33.7 Å². The van der Waals surface area contributed by atoms with E-state index in [-0.39, 0.29) is 23.8 Å². The number of benzene rings is 2. The molecule has 0 unspecified atom stereocenters. The van der Waals surface area contributed by atoms with Crippen LogP contribution in [0, 0.1) is 12.7 Å². The summed E-state index contributed by atoms with van der Waals surface area (Å²) in [4.78, 5) is 33.4. The van der Waals surface area contributed by atoms with Gasteiger partial charge in [0.05, 0.1) is 5.39 Å². The van der Waals surface area contributed by atoms with Gasteiger partial charge in [0.15, 0.2) is 0 Å². The summed E-state index contributed by atoms with van der Waals surface area (Å²) < 4.78 is 14.7. The Morgan fingerprint density at radius 2 is 1.94 bits per heavy atom. The van der Waals surface area contributed by atoms with Crippen LogP contribution in [-0.4, -0.2) is 15.5 Å². The van der Waals surface area contributed by atoms with Gasteiger partial charge in [0, 0.05) is 16.1 Å². The van der Waals surface area contributed by atoms with E-state index >= 15 is 0 Å². The van der Waals surface area contributed by atoms with Crippen molar-refractivity contribution >= 4 is 33.1 Å². The predicted octanol–water partition coefficient (Wildman–Crippen LogP) is 5.09. The highest BCUT2D eigenvalue weighted by Gasteiger charge is 2.23. The SMILES string of the molecule is Cc1cccc(-c2nc3sc4c(c3c(=O)n2CC(=O)Nc2ccc(F)cc2)CCCC4)c1. The molecule has 32 heavy (non-hydrogen) atoms. The van der Waals surface area contributed by atoms with Gasteiger partial charge in [0.1, 0.15) is 23.0 Å². The smallest absolute Gasteiger partial charge is 0.263 e. The zero-order chi connectivity index (χ0) is 22.2. The maximum Gasteiger partial charge on any atom is 0.263 e. The molecule has 5 rings (SSSR count). The predicted molar refractivity (Wildman–Crippen MR) is 126 cm³/mol. The number of amides is 1. The summed E-state index contributed by atoms with van der Waals surface area (Å²) in [6, 6.07) is 13.3. The molecule has 4 aromatic rings. The molecule has 0 spiro atoms. The van der Waals surface area contributed by atoms with E-state index in [4.69, 9.17) is 4.98 Å². The van der Waals surface area contributed by atoms with Crippen LogP contribution in [0.2, 0.25) is 0 Å². The molecule has 0 radical (unpaired) electrons. The van der Waals surface area contributed by atoms with Gasteiger partial charge >= 0.3 is 0 Å². The van der Waals surface area contributed by atoms with Crippen molar-refractivity contribution in [2.24, 2.45) is 0 Å². The van der Waals surface area contributed by atoms with E-state index in [1.807, 2.05) is 31.2 Å². The number of anilines is 1. The fourth-order valence-electron chi connectivity index (χ4n) is 4.27. The molecular formula is C25H22FN3O2S. The van der Waals surface area contributed by atoms with Crippen molar-refractivity contribution in [3.05, 3.63) is 80.7 Å². The standard InChI is InChI=1S/C25H22FN3O2S/c1-15-5-4-6-16(13-15)23-28-24-22(19-7-2-3-8-20(19)32-24)25(31)29(23)14-21(30)27-18-11-9-17(26)10-12-18/h4-6,9-13H,2-3,7-8,14H2,1H3,(H,27,30). The molecule has 0 saturated heterocycles. The van der Waals surface area contributed by atoms with E-state index in [0.29, 0.717) is 16.9 Å². The van der Waals surface area contributed by atoms with Gasteiger partial charge in [0.2, 0.25) is 5.91 Å². The summed E-state index contributed by atoms with van der Waals surface area (Å²) in [5, 5.41) is 3.40. The van der Waals surface area contributed by atoms with Crippen molar-refractivity contribution < 1.29 is 9.18 Å². The number of nitrogens with one attached hydrogen (secondary N) is 1. The third kappa shape index (κ3) is 3.84. The number of aromatic nitrogens is 2. The van der Waals surface area contributed by atoms with Crippen LogP contribution < -0.4 is 10.9 Å². The zero-order valence-electron chi connectivity index (χ0n) is 17.7. The maximum absolute atomic E-state index is 13.7. The second kappa shape index (κ2) is 8.31. The monoisotopic (exact) mass is 447 g/mol. The number of thiophene rings is 1. The Bertz CT molecular complexity index is 1390. The van der Waals surface area contributed by atoms with Gasteiger partial charge in [-0.1, -0.05) is 23.8 Å². The van der Waals surface area contributed by atoms with Crippen LogP contribution in [-0.2, 0) is 24.2 Å². The number of rotatable bonds is 4. The topological polar surface area (TPSA) is 64.0 Å². The molecule has 2 aromatic carbocycles. The molecular weight excluding hydrogens is 425 g/mol. The van der Waals surface area contributed by atoms with Crippen LogP contribution in [0.4, 0.5) is 10.1 Å². The lowest BCUT2D eigenvalue weighted by molar-refractivity contribution is -0.116. The molecule has 2 heterocycles. The minimum absolute atomic E-state index is 0.174. The van der Waals surface area contributed by atoms with E-state index in [2.05, 4.69) is 5.32 Å². The van der Waals surface area contributed by atoms with Crippen molar-refractivity contribution in [2.75, 3.05) is 5.32 Å². The van der Waals surface area contributed by atoms with Crippen LogP contribution in [0.5, 0.6) is 0 Å². The zero-order valence-corrected chi connectivity index (χ0v) is 18.5. The fraction of sp³-hybridized carbons (Fsp3) is 0.240. The largest absolute Gasteiger partial charge is 0.325 e. The van der Waals surface area contributed by atoms with E-state index in [1.54, 1.807) is 11.3 Å². The first kappa shape index (κ1) is 20.6. The van der Waals surface area contributed by atoms with Crippen molar-refractivity contribution in [3.8, 4) is 11.4 Å². The normalized spacial score (nSPS) is 13.2. The van der Waals surface area contributed by atoms with Crippen molar-refractivity contribution in [3.63, 3.8) is 0 Å². The molecule has 1 aliphatic rings. The van der Waals surface area contributed by atoms with E-state index in [0.717, 1.165) is 47.2 Å². The van der Waals surface area contributed by atoms with Gasteiger partial charge in [-0.25, -0.2) is 9.37 Å². The first-order chi connectivity index (χ1) is 15.5. The average Bonchev–Trinajstić information content (AvgIpc) is 3.16. The summed E-state index contributed by atoms with van der Waals surface area (Å²) in [7, 11) is 0. The van der Waals surface area contributed by atoms with Crippen LogP contribution in [0.3, 0.4) is 0 Å². The first-order valence-electron chi connectivity index (χ1n) is 10.7. The number of aryl methyl sites for hydroxylation is 3. The summed E-state index contributed by atoms with van der Waals surface area (Å²) in [5.74, 6) is -0.255. The van der Waals surface area contributed by atoms with Crippen molar-refractivity contribution in [1.29, 1.82) is 0 Å². The van der Waals surface area contributed by atoms with Crippen LogP contribution in [0.1, 0.15) is 28.8 Å². The van der Waals surface area contributed by atoms with Gasteiger partial charge in [-0.2, -0.15) is 0 Å². The Balaban J connectivity index is 1.62. The lowest BCUT2D eigenvalue weighted by Gasteiger charge is -2.14. The number of fused-ring (bicyclic) bond motifs is 3. The molecule has 162 valence electrons. The molecule has 1 amide bonds.